The smallest absolute Gasteiger partial charge is 0.0504 e. The lowest BCUT2D eigenvalue weighted by Gasteiger charge is -2.03. The number of hydrogen-bond acceptors (Lipinski definition) is 1. The van der Waals surface area contributed by atoms with Crippen molar-refractivity contribution in [2.45, 2.75) is 0 Å². The van der Waals surface area contributed by atoms with Gasteiger partial charge in [-0.1, -0.05) is 29.7 Å². The van der Waals surface area contributed by atoms with E-state index in [1.807, 2.05) is 30.3 Å². The first-order valence-corrected chi connectivity index (χ1v) is 4.85. The summed E-state index contributed by atoms with van der Waals surface area (Å²) in [6.45, 7) is 0. The predicted octanol–water partition coefficient (Wildman–Crippen LogP) is 3.38. The molecule has 0 saturated carbocycles. The van der Waals surface area contributed by atoms with Crippen LogP contribution in [0.4, 0.5) is 0 Å². The number of halogens is 1. The van der Waals surface area contributed by atoms with Crippen molar-refractivity contribution in [1.82, 2.24) is 4.98 Å². The lowest BCUT2D eigenvalue weighted by molar-refractivity contribution is 1.31. The van der Waals surface area contributed by atoms with E-state index in [2.05, 4.69) is 10.9 Å². The molecule has 15 heavy (non-hydrogen) atoms. The summed E-state index contributed by atoms with van der Waals surface area (Å²) >= 11 is 5.82. The lowest BCUT2D eigenvalue weighted by atomic mass is 10.0. The fourth-order valence-corrected chi connectivity index (χ4v) is 1.52. The Balaban J connectivity index is 2.55. The molecular weight excluding hydrogens is 206 g/mol. The molecule has 0 saturated heterocycles. The molecule has 2 aromatic rings. The quantitative estimate of drug-likeness (QED) is 0.662. The van der Waals surface area contributed by atoms with Gasteiger partial charge in [0.2, 0.25) is 0 Å². The minimum atomic E-state index is 0.718. The highest BCUT2D eigenvalue weighted by atomic mass is 35.5. The molecule has 0 N–H and O–H groups in total. The Morgan fingerprint density at radius 3 is 2.53 bits per heavy atom. The van der Waals surface area contributed by atoms with Crippen LogP contribution >= 0.6 is 11.6 Å². The number of pyridine rings is 1. The van der Waals surface area contributed by atoms with Crippen LogP contribution in [0.3, 0.4) is 0 Å². The number of rotatable bonds is 1. The Bertz CT molecular complexity index is 509. The molecule has 2 rings (SSSR count). The summed E-state index contributed by atoms with van der Waals surface area (Å²) in [5.41, 5.74) is 2.85. The molecule has 1 aromatic carbocycles. The van der Waals surface area contributed by atoms with Crippen LogP contribution in [0.1, 0.15) is 5.56 Å². The highest BCUT2D eigenvalue weighted by molar-refractivity contribution is 6.30. The van der Waals surface area contributed by atoms with Crippen molar-refractivity contribution in [3.63, 3.8) is 0 Å². The zero-order valence-corrected chi connectivity index (χ0v) is 8.70. The summed E-state index contributed by atoms with van der Waals surface area (Å²) in [7, 11) is 0. The fourth-order valence-electron chi connectivity index (χ4n) is 1.39. The fraction of sp³-hybridized carbons (Fsp3) is 0. The number of benzene rings is 1. The van der Waals surface area contributed by atoms with Crippen LogP contribution in [0, 0.1) is 12.3 Å². The Morgan fingerprint density at radius 2 is 1.87 bits per heavy atom. The van der Waals surface area contributed by atoms with Gasteiger partial charge in [-0.25, -0.2) is 0 Å². The van der Waals surface area contributed by atoms with Gasteiger partial charge in [0, 0.05) is 23.0 Å². The maximum absolute atomic E-state index is 5.82. The highest BCUT2D eigenvalue weighted by Gasteiger charge is 2.02. The average molecular weight is 214 g/mol. The molecule has 0 aliphatic rings. The van der Waals surface area contributed by atoms with Crippen LogP contribution in [-0.4, -0.2) is 4.98 Å². The molecule has 0 bridgehead atoms. The molecule has 0 amide bonds. The first-order chi connectivity index (χ1) is 7.31. The van der Waals surface area contributed by atoms with Crippen molar-refractivity contribution in [3.8, 4) is 23.5 Å². The van der Waals surface area contributed by atoms with Gasteiger partial charge in [0.05, 0.1) is 5.56 Å². The topological polar surface area (TPSA) is 12.9 Å². The molecule has 1 nitrogen and oxygen atoms in total. The third kappa shape index (κ3) is 2.01. The molecule has 0 aliphatic heterocycles. The normalized spacial score (nSPS) is 9.60. The molecule has 0 spiro atoms. The molecule has 1 aromatic heterocycles. The van der Waals surface area contributed by atoms with Crippen LogP contribution in [-0.2, 0) is 0 Å². The number of terminal acetylenes is 1. The van der Waals surface area contributed by atoms with E-state index in [0.717, 1.165) is 21.7 Å². The third-order valence-electron chi connectivity index (χ3n) is 2.13. The molecule has 0 radical (unpaired) electrons. The van der Waals surface area contributed by atoms with E-state index in [-0.39, 0.29) is 0 Å². The Labute approximate surface area is 93.7 Å². The molecule has 1 heterocycles. The molecule has 0 atom stereocenters. The lowest BCUT2D eigenvalue weighted by Crippen LogP contribution is -1.85. The summed E-state index contributed by atoms with van der Waals surface area (Å²) in [6.07, 6.45) is 8.81. The molecule has 0 aliphatic carbocycles. The van der Waals surface area contributed by atoms with Crippen LogP contribution in [0.5, 0.6) is 0 Å². The van der Waals surface area contributed by atoms with Crippen molar-refractivity contribution >= 4 is 11.6 Å². The molecular formula is C13H8ClN. The first-order valence-electron chi connectivity index (χ1n) is 4.48. The zero-order valence-electron chi connectivity index (χ0n) is 7.94. The summed E-state index contributed by atoms with van der Waals surface area (Å²) in [5, 5.41) is 0.718. The molecule has 72 valence electrons. The van der Waals surface area contributed by atoms with Gasteiger partial charge >= 0.3 is 0 Å². The second kappa shape index (κ2) is 4.16. The standard InChI is InChI=1S/C13H8ClN/c1-2-10-9-15-8-7-13(10)11-3-5-12(14)6-4-11/h1,3-9H. The van der Waals surface area contributed by atoms with Gasteiger partial charge < -0.3 is 0 Å². The van der Waals surface area contributed by atoms with E-state index in [1.54, 1.807) is 12.4 Å². The summed E-state index contributed by atoms with van der Waals surface area (Å²) in [6, 6.07) is 9.48. The van der Waals surface area contributed by atoms with Crippen molar-refractivity contribution in [2.75, 3.05) is 0 Å². The van der Waals surface area contributed by atoms with E-state index in [0.29, 0.717) is 0 Å². The van der Waals surface area contributed by atoms with Gasteiger partial charge in [-0.15, -0.1) is 6.42 Å². The Hall–Kier alpha value is -1.78. The first kappa shape index (κ1) is 9.76. The van der Waals surface area contributed by atoms with E-state index in [1.165, 1.54) is 0 Å². The van der Waals surface area contributed by atoms with Gasteiger partial charge in [0.25, 0.3) is 0 Å². The van der Waals surface area contributed by atoms with E-state index in [4.69, 9.17) is 18.0 Å². The van der Waals surface area contributed by atoms with Crippen molar-refractivity contribution in [2.24, 2.45) is 0 Å². The van der Waals surface area contributed by atoms with Crippen LogP contribution < -0.4 is 0 Å². The average Bonchev–Trinajstić information content (AvgIpc) is 2.30. The van der Waals surface area contributed by atoms with Crippen molar-refractivity contribution in [1.29, 1.82) is 0 Å². The van der Waals surface area contributed by atoms with Gasteiger partial charge in [-0.2, -0.15) is 0 Å². The predicted molar refractivity (Wildman–Crippen MR) is 62.6 cm³/mol. The second-order valence-electron chi connectivity index (χ2n) is 3.07. The van der Waals surface area contributed by atoms with E-state index in [9.17, 15) is 0 Å². The minimum absolute atomic E-state index is 0.718. The number of nitrogens with zero attached hydrogens (tertiary/aromatic N) is 1. The van der Waals surface area contributed by atoms with Gasteiger partial charge in [0.1, 0.15) is 0 Å². The Kier molecular flexibility index (Phi) is 2.71. The second-order valence-corrected chi connectivity index (χ2v) is 3.51. The van der Waals surface area contributed by atoms with Gasteiger partial charge in [-0.05, 0) is 23.8 Å². The largest absolute Gasteiger partial charge is 0.263 e. The van der Waals surface area contributed by atoms with Crippen molar-refractivity contribution < 1.29 is 0 Å². The molecule has 2 heteroatoms. The minimum Gasteiger partial charge on any atom is -0.263 e. The summed E-state index contributed by atoms with van der Waals surface area (Å²) in [4.78, 5) is 3.99. The highest BCUT2D eigenvalue weighted by Crippen LogP contribution is 2.23. The van der Waals surface area contributed by atoms with Crippen molar-refractivity contribution in [3.05, 3.63) is 53.3 Å². The van der Waals surface area contributed by atoms with Gasteiger partial charge in [-0.3, -0.25) is 4.98 Å². The maximum Gasteiger partial charge on any atom is 0.0504 e. The third-order valence-corrected chi connectivity index (χ3v) is 2.38. The van der Waals surface area contributed by atoms with Crippen LogP contribution in [0.25, 0.3) is 11.1 Å². The molecule has 0 unspecified atom stereocenters. The number of hydrogen-bond donors (Lipinski definition) is 0. The summed E-state index contributed by atoms with van der Waals surface area (Å²) < 4.78 is 0. The summed E-state index contributed by atoms with van der Waals surface area (Å²) in [5.74, 6) is 2.61. The Morgan fingerprint density at radius 1 is 1.13 bits per heavy atom. The van der Waals surface area contributed by atoms with E-state index < -0.39 is 0 Å². The molecule has 0 fully saturated rings. The maximum atomic E-state index is 5.82. The van der Waals surface area contributed by atoms with Crippen LogP contribution in [0.2, 0.25) is 5.02 Å². The zero-order chi connectivity index (χ0) is 10.7. The van der Waals surface area contributed by atoms with E-state index >= 15 is 0 Å². The van der Waals surface area contributed by atoms with Crippen LogP contribution in [0.15, 0.2) is 42.7 Å². The monoisotopic (exact) mass is 213 g/mol. The number of aromatic nitrogens is 1. The SMILES string of the molecule is C#Cc1cnccc1-c1ccc(Cl)cc1. The van der Waals surface area contributed by atoms with Gasteiger partial charge in [0.15, 0.2) is 0 Å².